The molecule has 2 aromatic rings. The molecule has 110 valence electrons. The zero-order chi connectivity index (χ0) is 15.4. The van der Waals surface area contributed by atoms with Gasteiger partial charge in [-0.3, -0.25) is 5.41 Å². The lowest BCUT2D eigenvalue weighted by Crippen LogP contribution is -2.22. The van der Waals surface area contributed by atoms with Crippen LogP contribution in [-0.2, 0) is 6.54 Å². The van der Waals surface area contributed by atoms with Crippen molar-refractivity contribution >= 4 is 27.5 Å². The summed E-state index contributed by atoms with van der Waals surface area (Å²) in [5.41, 5.74) is 8.37. The Hall–Kier alpha value is -2.01. The van der Waals surface area contributed by atoms with Crippen LogP contribution in [0.4, 0.5) is 5.69 Å². The lowest BCUT2D eigenvalue weighted by Gasteiger charge is -2.23. The normalized spacial score (nSPS) is 10.2. The molecule has 2 aromatic carbocycles. The fraction of sp³-hybridized carbons (Fsp3) is 0.188. The molecule has 0 heterocycles. The standard InChI is InChI=1S/C16H18BrN3O/c1-20(10-11-5-3-4-6-15(11)21-2)14-9-12(17)7-8-13(14)16(18)19/h3-9H,10H2,1-2H3,(H3,18,19). The number of amidine groups is 1. The van der Waals surface area contributed by atoms with Crippen molar-refractivity contribution in [2.45, 2.75) is 6.54 Å². The second kappa shape index (κ2) is 6.63. The van der Waals surface area contributed by atoms with Gasteiger partial charge >= 0.3 is 0 Å². The highest BCUT2D eigenvalue weighted by Crippen LogP contribution is 2.27. The first-order valence-electron chi connectivity index (χ1n) is 6.50. The zero-order valence-electron chi connectivity index (χ0n) is 12.1. The average molecular weight is 348 g/mol. The van der Waals surface area contributed by atoms with Gasteiger partial charge in [0.25, 0.3) is 0 Å². The average Bonchev–Trinajstić information content (AvgIpc) is 2.47. The number of anilines is 1. The van der Waals surface area contributed by atoms with Crippen LogP contribution in [0.15, 0.2) is 46.9 Å². The molecule has 0 aliphatic carbocycles. The Morgan fingerprint density at radius 1 is 1.29 bits per heavy atom. The summed E-state index contributed by atoms with van der Waals surface area (Å²) in [5.74, 6) is 0.910. The molecule has 0 aliphatic rings. The summed E-state index contributed by atoms with van der Waals surface area (Å²) >= 11 is 3.46. The summed E-state index contributed by atoms with van der Waals surface area (Å²) in [5, 5.41) is 7.71. The SMILES string of the molecule is COc1ccccc1CN(C)c1cc(Br)ccc1C(=N)N. The van der Waals surface area contributed by atoms with Crippen LogP contribution in [0.5, 0.6) is 5.75 Å². The molecule has 5 heteroatoms. The molecule has 4 nitrogen and oxygen atoms in total. The van der Waals surface area contributed by atoms with Crippen molar-refractivity contribution in [3.8, 4) is 5.75 Å². The molecule has 2 rings (SSSR count). The van der Waals surface area contributed by atoms with E-state index < -0.39 is 0 Å². The number of nitrogens with two attached hydrogens (primary N) is 1. The fourth-order valence-corrected chi connectivity index (χ4v) is 2.57. The van der Waals surface area contributed by atoms with E-state index >= 15 is 0 Å². The number of hydrogen-bond acceptors (Lipinski definition) is 3. The van der Waals surface area contributed by atoms with Gasteiger partial charge in [-0.15, -0.1) is 0 Å². The number of ether oxygens (including phenoxy) is 1. The third kappa shape index (κ3) is 3.55. The van der Waals surface area contributed by atoms with Crippen LogP contribution >= 0.6 is 15.9 Å². The van der Waals surface area contributed by atoms with E-state index in [2.05, 4.69) is 20.8 Å². The lowest BCUT2D eigenvalue weighted by molar-refractivity contribution is 0.409. The molecule has 0 radical (unpaired) electrons. The Morgan fingerprint density at radius 2 is 2.00 bits per heavy atom. The Labute approximate surface area is 133 Å². The first kappa shape index (κ1) is 15.4. The van der Waals surface area contributed by atoms with Crippen LogP contribution in [0.1, 0.15) is 11.1 Å². The van der Waals surface area contributed by atoms with Crippen molar-refractivity contribution in [3.05, 3.63) is 58.1 Å². The third-order valence-corrected chi connectivity index (χ3v) is 3.75. The largest absolute Gasteiger partial charge is 0.496 e. The number of hydrogen-bond donors (Lipinski definition) is 2. The van der Waals surface area contributed by atoms with Gasteiger partial charge in [0.05, 0.1) is 7.11 Å². The minimum Gasteiger partial charge on any atom is -0.496 e. The van der Waals surface area contributed by atoms with E-state index in [-0.39, 0.29) is 5.84 Å². The number of para-hydroxylation sites is 1. The summed E-state index contributed by atoms with van der Waals surface area (Å²) in [4.78, 5) is 2.05. The van der Waals surface area contributed by atoms with Crippen molar-refractivity contribution in [2.24, 2.45) is 5.73 Å². The van der Waals surface area contributed by atoms with Crippen molar-refractivity contribution in [1.29, 1.82) is 5.41 Å². The molecule has 0 amide bonds. The van der Waals surface area contributed by atoms with E-state index in [1.165, 1.54) is 0 Å². The molecule has 0 saturated carbocycles. The Balaban J connectivity index is 2.34. The first-order chi connectivity index (χ1) is 10.0. The number of nitrogens with one attached hydrogen (secondary N) is 1. The molecule has 0 saturated heterocycles. The van der Waals surface area contributed by atoms with Crippen LogP contribution in [-0.4, -0.2) is 20.0 Å². The molecule has 0 unspecified atom stereocenters. The monoisotopic (exact) mass is 347 g/mol. The maximum Gasteiger partial charge on any atom is 0.124 e. The summed E-state index contributed by atoms with van der Waals surface area (Å²) in [6.45, 7) is 0.667. The molecule has 21 heavy (non-hydrogen) atoms. The first-order valence-corrected chi connectivity index (χ1v) is 7.29. The van der Waals surface area contributed by atoms with Crippen molar-refractivity contribution in [1.82, 2.24) is 0 Å². The lowest BCUT2D eigenvalue weighted by atomic mass is 10.1. The van der Waals surface area contributed by atoms with Gasteiger partial charge in [-0.2, -0.15) is 0 Å². The van der Waals surface area contributed by atoms with E-state index in [0.29, 0.717) is 6.54 Å². The van der Waals surface area contributed by atoms with Crippen LogP contribution in [0.2, 0.25) is 0 Å². The molecule has 3 N–H and O–H groups in total. The van der Waals surface area contributed by atoms with Crippen LogP contribution in [0, 0.1) is 5.41 Å². The number of halogens is 1. The van der Waals surface area contributed by atoms with E-state index in [1.54, 1.807) is 7.11 Å². The minimum atomic E-state index is 0.0596. The number of nitrogen functional groups attached to an aromatic ring is 1. The number of methoxy groups -OCH3 is 1. The number of benzene rings is 2. The Kier molecular flexibility index (Phi) is 4.85. The molecule has 0 atom stereocenters. The van der Waals surface area contributed by atoms with Crippen molar-refractivity contribution < 1.29 is 4.74 Å². The number of rotatable bonds is 5. The summed E-state index contributed by atoms with van der Waals surface area (Å²) < 4.78 is 6.33. The zero-order valence-corrected chi connectivity index (χ0v) is 13.6. The van der Waals surface area contributed by atoms with Gasteiger partial charge in [0, 0.05) is 34.9 Å². The molecular weight excluding hydrogens is 330 g/mol. The van der Waals surface area contributed by atoms with Crippen molar-refractivity contribution in [2.75, 3.05) is 19.1 Å². The minimum absolute atomic E-state index is 0.0596. The van der Waals surface area contributed by atoms with Crippen LogP contribution < -0.4 is 15.4 Å². The quantitative estimate of drug-likeness (QED) is 0.643. The highest BCUT2D eigenvalue weighted by atomic mass is 79.9. The number of nitrogens with zero attached hydrogens (tertiary/aromatic N) is 1. The highest BCUT2D eigenvalue weighted by molar-refractivity contribution is 9.10. The van der Waals surface area contributed by atoms with Crippen LogP contribution in [0.3, 0.4) is 0 Å². The van der Waals surface area contributed by atoms with Crippen molar-refractivity contribution in [3.63, 3.8) is 0 Å². The van der Waals surface area contributed by atoms with Gasteiger partial charge in [-0.25, -0.2) is 0 Å². The second-order valence-corrected chi connectivity index (χ2v) is 5.66. The summed E-state index contributed by atoms with van der Waals surface area (Å²) in [6.07, 6.45) is 0. The van der Waals surface area contributed by atoms with Gasteiger partial charge in [-0.1, -0.05) is 34.1 Å². The topological polar surface area (TPSA) is 62.3 Å². The fourth-order valence-electron chi connectivity index (χ4n) is 2.22. The second-order valence-electron chi connectivity index (χ2n) is 4.74. The predicted octanol–water partition coefficient (Wildman–Crippen LogP) is 3.38. The smallest absolute Gasteiger partial charge is 0.124 e. The van der Waals surface area contributed by atoms with Crippen LogP contribution in [0.25, 0.3) is 0 Å². The van der Waals surface area contributed by atoms with Gasteiger partial charge in [0.15, 0.2) is 0 Å². The maximum absolute atomic E-state index is 7.71. The molecule has 0 fully saturated rings. The molecule has 0 aliphatic heterocycles. The maximum atomic E-state index is 7.71. The highest BCUT2D eigenvalue weighted by Gasteiger charge is 2.12. The van der Waals surface area contributed by atoms with Gasteiger partial charge in [0.1, 0.15) is 11.6 Å². The Morgan fingerprint density at radius 3 is 2.67 bits per heavy atom. The van der Waals surface area contributed by atoms with E-state index in [4.69, 9.17) is 15.9 Å². The summed E-state index contributed by atoms with van der Waals surface area (Å²) in [7, 11) is 3.64. The predicted molar refractivity (Wildman–Crippen MR) is 90.3 cm³/mol. The van der Waals surface area contributed by atoms with Gasteiger partial charge in [-0.05, 0) is 24.3 Å². The molecule has 0 aromatic heterocycles. The summed E-state index contributed by atoms with van der Waals surface area (Å²) in [6, 6.07) is 13.6. The van der Waals surface area contributed by atoms with E-state index in [1.807, 2.05) is 49.5 Å². The molecule has 0 bridgehead atoms. The van der Waals surface area contributed by atoms with E-state index in [0.717, 1.165) is 27.0 Å². The van der Waals surface area contributed by atoms with Gasteiger partial charge in [0.2, 0.25) is 0 Å². The Bertz CT molecular complexity index is 658. The third-order valence-electron chi connectivity index (χ3n) is 3.26. The van der Waals surface area contributed by atoms with E-state index in [9.17, 15) is 0 Å². The molecular formula is C16H18BrN3O. The molecule has 0 spiro atoms. The van der Waals surface area contributed by atoms with Gasteiger partial charge < -0.3 is 15.4 Å².